The minimum atomic E-state index is -0.362. The van der Waals surface area contributed by atoms with Crippen LogP contribution in [0.15, 0.2) is 36.4 Å². The normalized spacial score (nSPS) is 15.4. The number of para-hydroxylation sites is 1. The highest BCUT2D eigenvalue weighted by Crippen LogP contribution is 2.22. The van der Waals surface area contributed by atoms with Crippen LogP contribution >= 0.6 is 0 Å². The van der Waals surface area contributed by atoms with Gasteiger partial charge in [0.15, 0.2) is 0 Å². The molecule has 0 aliphatic carbocycles. The smallest absolute Gasteiger partial charge is 0.260 e. The van der Waals surface area contributed by atoms with Crippen molar-refractivity contribution in [2.24, 2.45) is 0 Å². The lowest BCUT2D eigenvalue weighted by Crippen LogP contribution is -2.21. The number of aromatic amines is 1. The third-order valence-corrected chi connectivity index (χ3v) is 2.58. The lowest BCUT2D eigenvalue weighted by molar-refractivity contribution is -0.123. The van der Waals surface area contributed by atoms with Crippen LogP contribution < -0.4 is 5.32 Å². The van der Waals surface area contributed by atoms with Gasteiger partial charge in [0, 0.05) is 17.0 Å². The lowest BCUT2D eigenvalue weighted by atomic mass is 10.2. The van der Waals surface area contributed by atoms with E-state index in [2.05, 4.69) is 10.3 Å². The second-order valence-corrected chi connectivity index (χ2v) is 3.65. The molecular formula is C12H8N2O2. The predicted octanol–water partition coefficient (Wildman–Crippen LogP) is 1.21. The maximum atomic E-state index is 11.4. The van der Waals surface area contributed by atoms with Crippen molar-refractivity contribution >= 4 is 28.3 Å². The summed E-state index contributed by atoms with van der Waals surface area (Å²) in [5, 5.41) is 3.24. The summed E-state index contributed by atoms with van der Waals surface area (Å²) >= 11 is 0. The maximum absolute atomic E-state index is 11.4. The molecule has 0 spiro atoms. The van der Waals surface area contributed by atoms with Gasteiger partial charge in [-0.15, -0.1) is 0 Å². The molecule has 0 fully saturated rings. The number of fused-ring (bicyclic) bond motifs is 1. The monoisotopic (exact) mass is 212 g/mol. The minimum absolute atomic E-state index is 0.350. The summed E-state index contributed by atoms with van der Waals surface area (Å²) < 4.78 is 0. The van der Waals surface area contributed by atoms with E-state index < -0.39 is 0 Å². The van der Waals surface area contributed by atoms with Gasteiger partial charge < -0.3 is 4.98 Å². The van der Waals surface area contributed by atoms with Crippen LogP contribution in [-0.2, 0) is 9.59 Å². The first kappa shape index (κ1) is 8.91. The molecule has 0 bridgehead atoms. The molecule has 1 aromatic heterocycles. The van der Waals surface area contributed by atoms with Crippen LogP contribution in [0.1, 0.15) is 5.69 Å². The highest BCUT2D eigenvalue weighted by atomic mass is 16.2. The number of carbonyl (C=O) groups is 2. The van der Waals surface area contributed by atoms with Gasteiger partial charge in [-0.05, 0) is 12.1 Å². The summed E-state index contributed by atoms with van der Waals surface area (Å²) in [6, 6.07) is 9.57. The van der Waals surface area contributed by atoms with Crippen molar-refractivity contribution < 1.29 is 9.59 Å². The van der Waals surface area contributed by atoms with Crippen LogP contribution in [-0.4, -0.2) is 16.8 Å². The molecular weight excluding hydrogens is 204 g/mol. The van der Waals surface area contributed by atoms with Crippen molar-refractivity contribution in [2.75, 3.05) is 0 Å². The van der Waals surface area contributed by atoms with Gasteiger partial charge in [0.1, 0.15) is 0 Å². The Morgan fingerprint density at radius 3 is 2.56 bits per heavy atom. The summed E-state index contributed by atoms with van der Waals surface area (Å²) in [7, 11) is 0. The van der Waals surface area contributed by atoms with Crippen molar-refractivity contribution in [3.8, 4) is 0 Å². The molecule has 1 aliphatic heterocycles. The first-order valence-corrected chi connectivity index (χ1v) is 4.89. The zero-order valence-corrected chi connectivity index (χ0v) is 8.28. The molecule has 1 aliphatic rings. The van der Waals surface area contributed by atoms with Gasteiger partial charge in [-0.3, -0.25) is 14.9 Å². The summed E-state index contributed by atoms with van der Waals surface area (Å²) in [5.74, 6) is -0.713. The number of hydrogen-bond acceptors (Lipinski definition) is 2. The Kier molecular flexibility index (Phi) is 1.71. The fraction of sp³-hybridized carbons (Fsp3) is 0. The number of nitrogens with one attached hydrogen (secondary N) is 2. The Labute approximate surface area is 91.0 Å². The molecule has 4 nitrogen and oxygen atoms in total. The predicted molar refractivity (Wildman–Crippen MR) is 59.4 cm³/mol. The van der Waals surface area contributed by atoms with Crippen molar-refractivity contribution in [1.82, 2.24) is 10.3 Å². The van der Waals surface area contributed by atoms with Crippen LogP contribution in [0.5, 0.6) is 0 Å². The molecule has 1 aromatic carbocycles. The van der Waals surface area contributed by atoms with E-state index >= 15 is 0 Å². The third-order valence-electron chi connectivity index (χ3n) is 2.58. The number of benzene rings is 1. The molecule has 3 rings (SSSR count). The Balaban J connectivity index is 2.16. The van der Waals surface area contributed by atoms with Crippen molar-refractivity contribution in [1.29, 1.82) is 0 Å². The molecule has 0 radical (unpaired) electrons. The molecule has 78 valence electrons. The van der Waals surface area contributed by atoms with Crippen LogP contribution in [0.2, 0.25) is 0 Å². The number of H-pyrrole nitrogens is 1. The first-order chi connectivity index (χ1) is 7.74. The molecule has 0 unspecified atom stereocenters. The summed E-state index contributed by atoms with van der Waals surface area (Å²) in [6.45, 7) is 0. The average molecular weight is 212 g/mol. The molecule has 2 amide bonds. The molecule has 0 saturated carbocycles. The van der Waals surface area contributed by atoms with E-state index in [1.807, 2.05) is 30.3 Å². The largest absolute Gasteiger partial charge is 0.354 e. The molecule has 0 atom stereocenters. The fourth-order valence-corrected chi connectivity index (χ4v) is 1.83. The number of imide groups is 1. The van der Waals surface area contributed by atoms with Crippen LogP contribution in [0.4, 0.5) is 0 Å². The van der Waals surface area contributed by atoms with Gasteiger partial charge in [-0.1, -0.05) is 18.2 Å². The minimum Gasteiger partial charge on any atom is -0.354 e. The lowest BCUT2D eigenvalue weighted by Gasteiger charge is -1.93. The fourth-order valence-electron chi connectivity index (χ4n) is 1.83. The van der Waals surface area contributed by atoms with E-state index in [0.29, 0.717) is 11.3 Å². The zero-order valence-electron chi connectivity index (χ0n) is 8.28. The quantitative estimate of drug-likeness (QED) is 0.698. The summed E-state index contributed by atoms with van der Waals surface area (Å²) in [6.07, 6.45) is 1.31. The number of carbonyl (C=O) groups excluding carboxylic acids is 2. The topological polar surface area (TPSA) is 62.0 Å². The van der Waals surface area contributed by atoms with Crippen LogP contribution in [0.25, 0.3) is 16.5 Å². The summed E-state index contributed by atoms with van der Waals surface area (Å²) in [5.41, 5.74) is 2.01. The van der Waals surface area contributed by atoms with E-state index in [9.17, 15) is 9.59 Å². The van der Waals surface area contributed by atoms with E-state index in [1.54, 1.807) is 0 Å². The third kappa shape index (κ3) is 1.24. The second-order valence-electron chi connectivity index (χ2n) is 3.65. The Bertz CT molecular complexity index is 604. The van der Waals surface area contributed by atoms with Crippen molar-refractivity contribution in [3.63, 3.8) is 0 Å². The van der Waals surface area contributed by atoms with Gasteiger partial charge in [0.2, 0.25) is 0 Å². The van der Waals surface area contributed by atoms with Crippen molar-refractivity contribution in [2.45, 2.75) is 0 Å². The van der Waals surface area contributed by atoms with E-state index in [0.717, 1.165) is 10.9 Å². The van der Waals surface area contributed by atoms with E-state index in [-0.39, 0.29) is 11.8 Å². The number of aromatic nitrogens is 1. The maximum Gasteiger partial charge on any atom is 0.260 e. The molecule has 16 heavy (non-hydrogen) atoms. The van der Waals surface area contributed by atoms with Crippen LogP contribution in [0.3, 0.4) is 0 Å². The Morgan fingerprint density at radius 2 is 1.88 bits per heavy atom. The van der Waals surface area contributed by atoms with Gasteiger partial charge in [-0.2, -0.15) is 0 Å². The molecule has 4 heteroatoms. The number of hydrogen-bond donors (Lipinski definition) is 2. The number of rotatable bonds is 1. The molecule has 0 saturated heterocycles. The Morgan fingerprint density at radius 1 is 1.06 bits per heavy atom. The first-order valence-electron chi connectivity index (χ1n) is 4.89. The van der Waals surface area contributed by atoms with Crippen LogP contribution in [0, 0.1) is 0 Å². The number of amides is 2. The molecule has 2 heterocycles. The zero-order chi connectivity index (χ0) is 11.1. The molecule has 2 N–H and O–H groups in total. The SMILES string of the molecule is O=C1C=C(c2cc3ccccc3[nH]2)C(=O)N1. The second kappa shape index (κ2) is 3.06. The average Bonchev–Trinajstić information content (AvgIpc) is 2.81. The van der Waals surface area contributed by atoms with E-state index in [4.69, 9.17) is 0 Å². The standard InChI is InChI=1S/C12H8N2O2/c15-11-6-8(12(16)14-11)10-5-7-3-1-2-4-9(7)13-10/h1-6,13H,(H,14,15,16). The molecule has 2 aromatic rings. The van der Waals surface area contributed by atoms with E-state index in [1.165, 1.54) is 6.08 Å². The van der Waals surface area contributed by atoms with Gasteiger partial charge in [0.25, 0.3) is 11.8 Å². The van der Waals surface area contributed by atoms with Gasteiger partial charge >= 0.3 is 0 Å². The highest BCUT2D eigenvalue weighted by Gasteiger charge is 2.23. The van der Waals surface area contributed by atoms with Gasteiger partial charge in [0.05, 0.1) is 11.3 Å². The van der Waals surface area contributed by atoms with Gasteiger partial charge in [-0.25, -0.2) is 0 Å². The Hall–Kier alpha value is -2.36. The highest BCUT2D eigenvalue weighted by molar-refractivity contribution is 6.33. The summed E-state index contributed by atoms with van der Waals surface area (Å²) in [4.78, 5) is 25.6. The van der Waals surface area contributed by atoms with Crippen molar-refractivity contribution in [3.05, 3.63) is 42.1 Å².